The van der Waals surface area contributed by atoms with Crippen molar-refractivity contribution in [1.29, 1.82) is 0 Å². The van der Waals surface area contributed by atoms with E-state index in [1.54, 1.807) is 18.5 Å². The fraction of sp³-hybridized carbons (Fsp3) is 0.316. The molecule has 7 nitrogen and oxygen atoms in total. The molecule has 1 atom stereocenters. The summed E-state index contributed by atoms with van der Waals surface area (Å²) in [5.74, 6) is 0.635. The monoisotopic (exact) mass is 351 g/mol. The van der Waals surface area contributed by atoms with Gasteiger partial charge in [-0.1, -0.05) is 0 Å². The van der Waals surface area contributed by atoms with Gasteiger partial charge in [0.05, 0.1) is 17.1 Å². The highest BCUT2D eigenvalue weighted by Gasteiger charge is 2.20. The molecular formula is C19H21N5O2. The summed E-state index contributed by atoms with van der Waals surface area (Å²) in [7, 11) is 2.12. The van der Waals surface area contributed by atoms with Crippen LogP contribution < -0.4 is 20.5 Å². The van der Waals surface area contributed by atoms with Gasteiger partial charge in [-0.2, -0.15) is 4.98 Å². The number of nitrogens with zero attached hydrogens (tertiary/aromatic N) is 3. The van der Waals surface area contributed by atoms with Crippen LogP contribution in [0.1, 0.15) is 12.0 Å². The van der Waals surface area contributed by atoms with Crippen molar-refractivity contribution in [2.75, 3.05) is 25.0 Å². The second kappa shape index (κ2) is 6.76. The molecule has 2 N–H and O–H groups in total. The molecule has 0 saturated carbocycles. The van der Waals surface area contributed by atoms with Crippen LogP contribution in [0.5, 0.6) is 11.8 Å². The van der Waals surface area contributed by atoms with Crippen LogP contribution >= 0.6 is 0 Å². The molecule has 0 amide bonds. The van der Waals surface area contributed by atoms with Crippen molar-refractivity contribution in [1.82, 2.24) is 20.3 Å². The molecule has 1 aliphatic heterocycles. The van der Waals surface area contributed by atoms with Gasteiger partial charge in [0, 0.05) is 31.5 Å². The smallest absolute Gasteiger partial charge is 0.302 e. The van der Waals surface area contributed by atoms with Crippen LogP contribution in [0.25, 0.3) is 10.9 Å². The van der Waals surface area contributed by atoms with E-state index in [4.69, 9.17) is 4.74 Å². The van der Waals surface area contributed by atoms with Gasteiger partial charge in [0.2, 0.25) is 0 Å². The summed E-state index contributed by atoms with van der Waals surface area (Å²) < 4.78 is 5.78. The molecule has 1 saturated heterocycles. The van der Waals surface area contributed by atoms with E-state index in [0.29, 0.717) is 22.7 Å². The minimum atomic E-state index is -0.241. The largest absolute Gasteiger partial charge is 0.426 e. The Morgan fingerprint density at radius 1 is 1.31 bits per heavy atom. The van der Waals surface area contributed by atoms with E-state index in [1.165, 1.54) is 5.69 Å². The van der Waals surface area contributed by atoms with Crippen molar-refractivity contribution >= 4 is 16.6 Å². The quantitative estimate of drug-likeness (QED) is 0.750. The van der Waals surface area contributed by atoms with Gasteiger partial charge in [-0.25, -0.2) is 0 Å². The Bertz CT molecular complexity index is 995. The fourth-order valence-corrected chi connectivity index (χ4v) is 3.38. The highest BCUT2D eigenvalue weighted by molar-refractivity contribution is 5.76. The first-order chi connectivity index (χ1) is 12.6. The predicted molar refractivity (Wildman–Crippen MR) is 101 cm³/mol. The zero-order valence-corrected chi connectivity index (χ0v) is 14.8. The van der Waals surface area contributed by atoms with Crippen LogP contribution in [0, 0.1) is 6.92 Å². The molecule has 1 aliphatic rings. The van der Waals surface area contributed by atoms with Crippen LogP contribution in [0.4, 0.5) is 5.69 Å². The van der Waals surface area contributed by atoms with E-state index in [2.05, 4.69) is 39.1 Å². The van der Waals surface area contributed by atoms with Crippen LogP contribution in [0.15, 0.2) is 41.5 Å². The molecule has 0 bridgehead atoms. The van der Waals surface area contributed by atoms with Crippen molar-refractivity contribution in [3.8, 4) is 11.8 Å². The van der Waals surface area contributed by atoms with Crippen LogP contribution in [0.2, 0.25) is 0 Å². The number of pyridine rings is 1. The molecule has 1 fully saturated rings. The number of benzene rings is 1. The number of aromatic nitrogens is 3. The summed E-state index contributed by atoms with van der Waals surface area (Å²) in [5, 5.41) is 3.88. The van der Waals surface area contributed by atoms with Crippen LogP contribution in [-0.4, -0.2) is 41.1 Å². The molecule has 0 aliphatic carbocycles. The molecule has 3 heterocycles. The Morgan fingerprint density at radius 3 is 2.96 bits per heavy atom. The number of ether oxygens (including phenoxy) is 1. The normalized spacial score (nSPS) is 16.8. The molecule has 134 valence electrons. The Morgan fingerprint density at radius 2 is 2.19 bits per heavy atom. The maximum atomic E-state index is 12.1. The van der Waals surface area contributed by atoms with E-state index in [-0.39, 0.29) is 11.6 Å². The molecular weight excluding hydrogens is 330 g/mol. The summed E-state index contributed by atoms with van der Waals surface area (Å²) in [5.41, 5.74) is 2.55. The van der Waals surface area contributed by atoms with Gasteiger partial charge in [-0.3, -0.25) is 14.8 Å². The lowest BCUT2D eigenvalue weighted by Gasteiger charge is -2.27. The standard InChI is InChI=1S/C19H21N5O2/c1-12-9-14(3-4-17(12)24(2)13-5-7-20-10-13)26-19-22-16-11-21-8-6-15(16)18(25)23-19/h3-4,6,8-9,11,13,20H,5,7,10H2,1-2H3,(H,22,23,25). The van der Waals surface area contributed by atoms with Gasteiger partial charge in [0.1, 0.15) is 5.75 Å². The van der Waals surface area contributed by atoms with Gasteiger partial charge < -0.3 is 15.0 Å². The van der Waals surface area contributed by atoms with Gasteiger partial charge >= 0.3 is 6.01 Å². The third-order valence-electron chi connectivity index (χ3n) is 4.83. The third-order valence-corrected chi connectivity index (χ3v) is 4.83. The van der Waals surface area contributed by atoms with Gasteiger partial charge in [0.15, 0.2) is 0 Å². The topological polar surface area (TPSA) is 83.1 Å². The summed E-state index contributed by atoms with van der Waals surface area (Å²) in [6.07, 6.45) is 4.26. The third kappa shape index (κ3) is 3.13. The van der Waals surface area contributed by atoms with Crippen molar-refractivity contribution in [3.63, 3.8) is 0 Å². The molecule has 0 radical (unpaired) electrons. The first kappa shape index (κ1) is 16.5. The first-order valence-electron chi connectivity index (χ1n) is 8.68. The summed E-state index contributed by atoms with van der Waals surface area (Å²) >= 11 is 0. The first-order valence-corrected chi connectivity index (χ1v) is 8.68. The average molecular weight is 351 g/mol. The lowest BCUT2D eigenvalue weighted by molar-refractivity contribution is 0.442. The highest BCUT2D eigenvalue weighted by Crippen LogP contribution is 2.28. The number of fused-ring (bicyclic) bond motifs is 1. The summed E-state index contributed by atoms with van der Waals surface area (Å²) in [6.45, 7) is 4.12. The van der Waals surface area contributed by atoms with Crippen molar-refractivity contribution in [2.45, 2.75) is 19.4 Å². The zero-order chi connectivity index (χ0) is 18.1. The second-order valence-electron chi connectivity index (χ2n) is 6.57. The molecule has 1 unspecified atom stereocenters. The van der Waals surface area contributed by atoms with E-state index < -0.39 is 0 Å². The molecule has 4 rings (SSSR count). The Labute approximate surface area is 151 Å². The summed E-state index contributed by atoms with van der Waals surface area (Å²) in [6, 6.07) is 8.21. The number of nitrogens with one attached hydrogen (secondary N) is 2. The van der Waals surface area contributed by atoms with E-state index in [0.717, 1.165) is 25.1 Å². The number of hydrogen-bond acceptors (Lipinski definition) is 6. The lowest BCUT2D eigenvalue weighted by Crippen LogP contribution is -2.33. The molecule has 0 spiro atoms. The van der Waals surface area contributed by atoms with Gasteiger partial charge in [-0.05, 0) is 49.7 Å². The maximum Gasteiger partial charge on any atom is 0.302 e. The highest BCUT2D eigenvalue weighted by atomic mass is 16.5. The second-order valence-corrected chi connectivity index (χ2v) is 6.57. The fourth-order valence-electron chi connectivity index (χ4n) is 3.38. The van der Waals surface area contributed by atoms with E-state index >= 15 is 0 Å². The lowest BCUT2D eigenvalue weighted by atomic mass is 10.1. The minimum absolute atomic E-state index is 0.163. The van der Waals surface area contributed by atoms with E-state index in [9.17, 15) is 4.79 Å². The molecule has 26 heavy (non-hydrogen) atoms. The predicted octanol–water partition coefficient (Wildman–Crippen LogP) is 2.22. The molecule has 2 aromatic heterocycles. The Hall–Kier alpha value is -2.93. The number of likely N-dealkylation sites (N-methyl/N-ethyl adjacent to an activating group) is 1. The SMILES string of the molecule is Cc1cc(Oc2nc3cnccc3c(=O)[nH]2)ccc1N(C)C1CCNC1. The number of anilines is 1. The average Bonchev–Trinajstić information content (AvgIpc) is 3.16. The number of aromatic amines is 1. The Balaban J connectivity index is 1.59. The Kier molecular flexibility index (Phi) is 4.30. The van der Waals surface area contributed by atoms with Crippen LogP contribution in [0.3, 0.4) is 0 Å². The number of rotatable bonds is 4. The van der Waals surface area contributed by atoms with Crippen LogP contribution in [-0.2, 0) is 0 Å². The molecule has 1 aromatic carbocycles. The van der Waals surface area contributed by atoms with Gasteiger partial charge in [-0.15, -0.1) is 0 Å². The molecule has 7 heteroatoms. The number of hydrogen-bond donors (Lipinski definition) is 2. The zero-order valence-electron chi connectivity index (χ0n) is 14.8. The summed E-state index contributed by atoms with van der Waals surface area (Å²) in [4.78, 5) is 25.4. The number of H-pyrrole nitrogens is 1. The van der Waals surface area contributed by atoms with Crippen molar-refractivity contribution in [3.05, 3.63) is 52.6 Å². The van der Waals surface area contributed by atoms with E-state index in [1.807, 2.05) is 18.2 Å². The van der Waals surface area contributed by atoms with Crippen molar-refractivity contribution < 1.29 is 4.74 Å². The van der Waals surface area contributed by atoms with Crippen molar-refractivity contribution in [2.24, 2.45) is 0 Å². The number of aryl methyl sites for hydroxylation is 1. The minimum Gasteiger partial charge on any atom is -0.426 e. The maximum absolute atomic E-state index is 12.1. The molecule has 3 aromatic rings. The van der Waals surface area contributed by atoms with Gasteiger partial charge in [0.25, 0.3) is 5.56 Å².